The van der Waals surface area contributed by atoms with E-state index >= 15 is 0 Å². The van der Waals surface area contributed by atoms with Gasteiger partial charge in [0.15, 0.2) is 0 Å². The number of thiazole rings is 1. The highest BCUT2D eigenvalue weighted by Gasteiger charge is 1.98. The van der Waals surface area contributed by atoms with Gasteiger partial charge in [0.2, 0.25) is 5.13 Å². The Kier molecular flexibility index (Phi) is 4.36. The van der Waals surface area contributed by atoms with Crippen LogP contribution in [0.5, 0.6) is 0 Å². The number of rotatable bonds is 3. The number of hydrogen-bond donors (Lipinski definition) is 1. The standard InChI is InChI=1S/C11H9ClIN3S/c1-7-6-17-11(15-7)16-14-5-8-2-3-9(13)4-10(8)12/h2-6H,1H3,(H,15,16). The van der Waals surface area contributed by atoms with Crippen LogP contribution >= 0.6 is 45.5 Å². The highest BCUT2D eigenvalue weighted by atomic mass is 127. The van der Waals surface area contributed by atoms with E-state index < -0.39 is 0 Å². The molecule has 0 saturated carbocycles. The molecule has 6 heteroatoms. The Balaban J connectivity index is 2.05. The van der Waals surface area contributed by atoms with Crippen LogP contribution in [-0.2, 0) is 0 Å². The molecular formula is C11H9ClIN3S. The first-order valence-electron chi connectivity index (χ1n) is 4.81. The first kappa shape index (κ1) is 12.8. The molecule has 1 heterocycles. The van der Waals surface area contributed by atoms with Crippen molar-refractivity contribution in [3.05, 3.63) is 43.4 Å². The Morgan fingerprint density at radius 3 is 3.00 bits per heavy atom. The second kappa shape index (κ2) is 5.79. The van der Waals surface area contributed by atoms with Crippen molar-refractivity contribution in [2.24, 2.45) is 5.10 Å². The molecule has 0 aliphatic heterocycles. The lowest BCUT2D eigenvalue weighted by atomic mass is 10.2. The first-order chi connectivity index (χ1) is 8.15. The fraction of sp³-hybridized carbons (Fsp3) is 0.0909. The van der Waals surface area contributed by atoms with Crippen LogP contribution in [0, 0.1) is 10.5 Å². The van der Waals surface area contributed by atoms with E-state index in [0.717, 1.165) is 20.0 Å². The summed E-state index contributed by atoms with van der Waals surface area (Å²) in [4.78, 5) is 4.24. The van der Waals surface area contributed by atoms with Gasteiger partial charge in [0.05, 0.1) is 16.9 Å². The number of aryl methyl sites for hydroxylation is 1. The van der Waals surface area contributed by atoms with Crippen LogP contribution in [0.3, 0.4) is 0 Å². The molecule has 1 aromatic carbocycles. The SMILES string of the molecule is Cc1csc(NN=Cc2ccc(I)cc2Cl)n1. The molecule has 0 saturated heterocycles. The van der Waals surface area contributed by atoms with Gasteiger partial charge < -0.3 is 0 Å². The number of anilines is 1. The molecule has 88 valence electrons. The van der Waals surface area contributed by atoms with Crippen molar-refractivity contribution in [2.75, 3.05) is 5.43 Å². The average Bonchev–Trinajstić information content (AvgIpc) is 2.68. The maximum Gasteiger partial charge on any atom is 0.203 e. The Morgan fingerprint density at radius 2 is 2.35 bits per heavy atom. The van der Waals surface area contributed by atoms with E-state index in [-0.39, 0.29) is 0 Å². The van der Waals surface area contributed by atoms with Crippen LogP contribution in [0.1, 0.15) is 11.3 Å². The lowest BCUT2D eigenvalue weighted by molar-refractivity contribution is 1.22. The van der Waals surface area contributed by atoms with Crippen molar-refractivity contribution in [1.29, 1.82) is 0 Å². The van der Waals surface area contributed by atoms with E-state index in [1.165, 1.54) is 11.3 Å². The van der Waals surface area contributed by atoms with Gasteiger partial charge in [-0.25, -0.2) is 4.98 Å². The van der Waals surface area contributed by atoms with E-state index in [2.05, 4.69) is 38.1 Å². The van der Waals surface area contributed by atoms with Gasteiger partial charge in [-0.3, -0.25) is 5.43 Å². The molecule has 0 unspecified atom stereocenters. The van der Waals surface area contributed by atoms with Gasteiger partial charge in [-0.2, -0.15) is 5.10 Å². The third kappa shape index (κ3) is 3.65. The molecular weight excluding hydrogens is 369 g/mol. The Bertz CT molecular complexity index is 553. The van der Waals surface area contributed by atoms with Crippen molar-refractivity contribution in [1.82, 2.24) is 4.98 Å². The Hall–Kier alpha value is -0.660. The van der Waals surface area contributed by atoms with E-state index in [9.17, 15) is 0 Å². The summed E-state index contributed by atoms with van der Waals surface area (Å²) in [5.41, 5.74) is 4.74. The summed E-state index contributed by atoms with van der Waals surface area (Å²) in [7, 11) is 0. The number of nitrogens with one attached hydrogen (secondary N) is 1. The van der Waals surface area contributed by atoms with Crippen molar-refractivity contribution < 1.29 is 0 Å². The zero-order valence-corrected chi connectivity index (χ0v) is 12.7. The van der Waals surface area contributed by atoms with Crippen molar-refractivity contribution in [2.45, 2.75) is 6.92 Å². The van der Waals surface area contributed by atoms with Crippen LogP contribution in [-0.4, -0.2) is 11.2 Å². The minimum Gasteiger partial charge on any atom is -0.253 e. The zero-order valence-electron chi connectivity index (χ0n) is 8.95. The van der Waals surface area contributed by atoms with Crippen LogP contribution in [0.25, 0.3) is 0 Å². The number of hydrogen-bond acceptors (Lipinski definition) is 4. The van der Waals surface area contributed by atoms with Crippen LogP contribution < -0.4 is 5.43 Å². The highest BCUT2D eigenvalue weighted by Crippen LogP contribution is 2.18. The molecule has 2 rings (SSSR count). The van der Waals surface area contributed by atoms with E-state index in [0.29, 0.717) is 5.02 Å². The molecule has 0 aliphatic rings. The minimum atomic E-state index is 0.692. The number of halogens is 2. The van der Waals surface area contributed by atoms with Crippen LogP contribution in [0.4, 0.5) is 5.13 Å². The average molecular weight is 378 g/mol. The summed E-state index contributed by atoms with van der Waals surface area (Å²) in [6, 6.07) is 5.82. The van der Waals surface area contributed by atoms with Gasteiger partial charge in [-0.1, -0.05) is 17.7 Å². The minimum absolute atomic E-state index is 0.692. The maximum absolute atomic E-state index is 6.08. The summed E-state index contributed by atoms with van der Waals surface area (Å²) in [6.45, 7) is 1.95. The predicted molar refractivity (Wildman–Crippen MR) is 82.2 cm³/mol. The Labute approximate surface area is 122 Å². The molecule has 0 aliphatic carbocycles. The maximum atomic E-state index is 6.08. The van der Waals surface area contributed by atoms with Gasteiger partial charge in [0, 0.05) is 14.5 Å². The molecule has 0 bridgehead atoms. The lowest BCUT2D eigenvalue weighted by Gasteiger charge is -1.98. The third-order valence-corrected chi connectivity index (χ3v) is 3.81. The van der Waals surface area contributed by atoms with E-state index in [1.54, 1.807) is 6.21 Å². The molecule has 0 radical (unpaired) electrons. The second-order valence-electron chi connectivity index (χ2n) is 3.33. The van der Waals surface area contributed by atoms with Gasteiger partial charge in [-0.15, -0.1) is 11.3 Å². The normalized spacial score (nSPS) is 11.0. The van der Waals surface area contributed by atoms with Gasteiger partial charge in [0.25, 0.3) is 0 Å². The van der Waals surface area contributed by atoms with E-state index in [1.807, 2.05) is 30.5 Å². The summed E-state index contributed by atoms with van der Waals surface area (Å²) in [5.74, 6) is 0. The largest absolute Gasteiger partial charge is 0.253 e. The predicted octanol–water partition coefficient (Wildman–Crippen LogP) is 4.16. The summed E-state index contributed by atoms with van der Waals surface area (Å²) in [6.07, 6.45) is 1.69. The molecule has 1 N–H and O–H groups in total. The zero-order chi connectivity index (χ0) is 12.3. The monoisotopic (exact) mass is 377 g/mol. The molecule has 0 fully saturated rings. The van der Waals surface area contributed by atoms with E-state index in [4.69, 9.17) is 11.6 Å². The fourth-order valence-corrected chi connectivity index (χ4v) is 2.71. The molecule has 0 amide bonds. The van der Waals surface area contributed by atoms with Crippen molar-refractivity contribution in [3.8, 4) is 0 Å². The molecule has 0 atom stereocenters. The van der Waals surface area contributed by atoms with Crippen molar-refractivity contribution >= 4 is 56.9 Å². The number of hydrazone groups is 1. The molecule has 0 spiro atoms. The molecule has 1 aromatic heterocycles. The molecule has 17 heavy (non-hydrogen) atoms. The second-order valence-corrected chi connectivity index (χ2v) is 5.84. The Morgan fingerprint density at radius 1 is 1.53 bits per heavy atom. The van der Waals surface area contributed by atoms with Gasteiger partial charge in [-0.05, 0) is 41.6 Å². The fourth-order valence-electron chi connectivity index (χ4n) is 1.17. The lowest BCUT2D eigenvalue weighted by Crippen LogP contribution is -1.91. The number of nitrogens with zero attached hydrogens (tertiary/aromatic N) is 2. The quantitative estimate of drug-likeness (QED) is 0.495. The molecule has 3 nitrogen and oxygen atoms in total. The number of aromatic nitrogens is 1. The van der Waals surface area contributed by atoms with Crippen LogP contribution in [0.15, 0.2) is 28.7 Å². The smallest absolute Gasteiger partial charge is 0.203 e. The summed E-state index contributed by atoms with van der Waals surface area (Å²) in [5, 5.41) is 7.54. The first-order valence-corrected chi connectivity index (χ1v) is 7.15. The van der Waals surface area contributed by atoms with Gasteiger partial charge in [0.1, 0.15) is 0 Å². The summed E-state index contributed by atoms with van der Waals surface area (Å²) >= 11 is 9.82. The summed E-state index contributed by atoms with van der Waals surface area (Å²) < 4.78 is 1.10. The number of benzene rings is 1. The molecule has 2 aromatic rings. The van der Waals surface area contributed by atoms with Gasteiger partial charge >= 0.3 is 0 Å². The third-order valence-electron chi connectivity index (χ3n) is 1.95. The van der Waals surface area contributed by atoms with Crippen molar-refractivity contribution in [3.63, 3.8) is 0 Å². The topological polar surface area (TPSA) is 37.3 Å². The van der Waals surface area contributed by atoms with Crippen LogP contribution in [0.2, 0.25) is 5.02 Å². The highest BCUT2D eigenvalue weighted by molar-refractivity contribution is 14.1.